The van der Waals surface area contributed by atoms with Crippen molar-refractivity contribution in [2.24, 2.45) is 0 Å². The van der Waals surface area contributed by atoms with E-state index < -0.39 is 6.04 Å². The van der Waals surface area contributed by atoms with Crippen molar-refractivity contribution in [1.82, 2.24) is 24.1 Å². The van der Waals surface area contributed by atoms with Gasteiger partial charge in [-0.1, -0.05) is 23.7 Å². The van der Waals surface area contributed by atoms with Gasteiger partial charge in [0.2, 0.25) is 0 Å². The predicted molar refractivity (Wildman–Crippen MR) is 107 cm³/mol. The quantitative estimate of drug-likeness (QED) is 0.617. The lowest BCUT2D eigenvalue weighted by molar-refractivity contribution is -0.128. The average molecular weight is 416 g/mol. The fraction of sp³-hybridized carbons (Fsp3) is 0.316. The fourth-order valence-corrected chi connectivity index (χ4v) is 4.83. The zero-order valence-corrected chi connectivity index (χ0v) is 16.8. The van der Waals surface area contributed by atoms with Gasteiger partial charge in [-0.25, -0.2) is 9.78 Å². The van der Waals surface area contributed by atoms with Crippen molar-refractivity contribution in [1.29, 1.82) is 0 Å². The number of piperazine rings is 1. The summed E-state index contributed by atoms with van der Waals surface area (Å²) in [6.45, 7) is 2.47. The molecule has 2 saturated heterocycles. The molecule has 3 aromatic rings. The molecule has 9 heteroatoms. The third-order valence-corrected chi connectivity index (χ3v) is 6.47. The van der Waals surface area contributed by atoms with Gasteiger partial charge in [0.25, 0.3) is 5.91 Å². The summed E-state index contributed by atoms with van der Waals surface area (Å²) in [5.74, 6) is -0.124. The Balaban J connectivity index is 1.46. The van der Waals surface area contributed by atoms with E-state index in [2.05, 4.69) is 9.30 Å². The van der Waals surface area contributed by atoms with Gasteiger partial charge in [-0.2, -0.15) is 0 Å². The SMILES string of the molecule is CN1C(=O)C2CN(Cc3c(-c4ccc(Cl)cc4)nc4sccn34)CCN2C1=O. The first-order valence-electron chi connectivity index (χ1n) is 9.04. The molecule has 2 aliphatic heterocycles. The van der Waals surface area contributed by atoms with Crippen LogP contribution in [0.5, 0.6) is 0 Å². The first-order valence-corrected chi connectivity index (χ1v) is 10.3. The maximum atomic E-state index is 12.4. The Kier molecular flexibility index (Phi) is 4.15. The van der Waals surface area contributed by atoms with Crippen LogP contribution < -0.4 is 0 Å². The van der Waals surface area contributed by atoms with Crippen molar-refractivity contribution in [3.05, 3.63) is 46.6 Å². The lowest BCUT2D eigenvalue weighted by Crippen LogP contribution is -2.52. The number of imidazole rings is 1. The topological polar surface area (TPSA) is 61.2 Å². The molecule has 0 saturated carbocycles. The van der Waals surface area contributed by atoms with Crippen LogP contribution in [0, 0.1) is 0 Å². The first kappa shape index (κ1) is 17.7. The van der Waals surface area contributed by atoms with E-state index in [4.69, 9.17) is 16.6 Å². The highest BCUT2D eigenvalue weighted by molar-refractivity contribution is 7.15. The summed E-state index contributed by atoms with van der Waals surface area (Å²) < 4.78 is 2.11. The van der Waals surface area contributed by atoms with Crippen molar-refractivity contribution < 1.29 is 9.59 Å². The van der Waals surface area contributed by atoms with E-state index in [0.717, 1.165) is 28.5 Å². The predicted octanol–water partition coefficient (Wildman–Crippen LogP) is 2.79. The Morgan fingerprint density at radius 2 is 2.00 bits per heavy atom. The number of carbonyl (C=O) groups excluding carboxylic acids is 2. The molecule has 5 rings (SSSR count). The van der Waals surface area contributed by atoms with Gasteiger partial charge in [0.05, 0.1) is 11.4 Å². The molecule has 7 nitrogen and oxygen atoms in total. The Morgan fingerprint density at radius 3 is 2.79 bits per heavy atom. The fourth-order valence-electron chi connectivity index (χ4n) is 3.97. The normalized spacial score (nSPS) is 20.4. The number of imide groups is 1. The molecule has 1 atom stereocenters. The number of fused-ring (bicyclic) bond motifs is 2. The number of thiazole rings is 1. The average Bonchev–Trinajstić information content (AvgIpc) is 3.34. The van der Waals surface area contributed by atoms with Gasteiger partial charge >= 0.3 is 6.03 Å². The molecule has 4 heterocycles. The number of halogens is 1. The van der Waals surface area contributed by atoms with Crippen LogP contribution in [-0.4, -0.2) is 68.7 Å². The number of likely N-dealkylation sites (N-methyl/N-ethyl adjacent to an activating group) is 1. The maximum absolute atomic E-state index is 12.4. The Labute approximate surface area is 170 Å². The highest BCUT2D eigenvalue weighted by Crippen LogP contribution is 2.30. The standard InChI is InChI=1S/C19H18ClN5O2S/c1-22-17(26)15-11-23(6-7-25(15)19(22)27)10-14-16(12-2-4-13(20)5-3-12)21-18-24(14)8-9-28-18/h2-5,8-9,15H,6-7,10-11H2,1H3. The Hall–Kier alpha value is -2.42. The summed E-state index contributed by atoms with van der Waals surface area (Å²) in [4.78, 5) is 35.4. The van der Waals surface area contributed by atoms with Crippen LogP contribution in [0.4, 0.5) is 4.79 Å². The number of nitrogens with zero attached hydrogens (tertiary/aromatic N) is 5. The molecule has 0 spiro atoms. The van der Waals surface area contributed by atoms with Crippen LogP contribution in [0.2, 0.25) is 5.02 Å². The molecule has 1 unspecified atom stereocenters. The van der Waals surface area contributed by atoms with Crippen LogP contribution in [0.1, 0.15) is 5.69 Å². The van der Waals surface area contributed by atoms with Crippen LogP contribution >= 0.6 is 22.9 Å². The van der Waals surface area contributed by atoms with E-state index in [1.54, 1.807) is 23.3 Å². The van der Waals surface area contributed by atoms with Crippen molar-refractivity contribution in [2.45, 2.75) is 12.6 Å². The van der Waals surface area contributed by atoms with E-state index in [-0.39, 0.29) is 11.9 Å². The number of amides is 3. The first-order chi connectivity index (χ1) is 13.5. The number of carbonyl (C=O) groups is 2. The summed E-state index contributed by atoms with van der Waals surface area (Å²) in [6, 6.07) is 7.10. The number of urea groups is 1. The third-order valence-electron chi connectivity index (χ3n) is 5.46. The van der Waals surface area contributed by atoms with Crippen LogP contribution in [-0.2, 0) is 11.3 Å². The second-order valence-corrected chi connectivity index (χ2v) is 8.40. The molecule has 0 radical (unpaired) electrons. The molecular formula is C19H18ClN5O2S. The molecule has 2 aromatic heterocycles. The largest absolute Gasteiger partial charge is 0.327 e. The minimum absolute atomic E-state index is 0.124. The highest BCUT2D eigenvalue weighted by atomic mass is 35.5. The lowest BCUT2D eigenvalue weighted by Gasteiger charge is -2.35. The summed E-state index contributed by atoms with van der Waals surface area (Å²) in [5, 5.41) is 2.71. The second-order valence-electron chi connectivity index (χ2n) is 7.09. The summed E-state index contributed by atoms with van der Waals surface area (Å²) in [5.41, 5.74) is 3.02. The number of hydrogen-bond donors (Lipinski definition) is 0. The van der Waals surface area contributed by atoms with E-state index in [9.17, 15) is 9.59 Å². The van der Waals surface area contributed by atoms with Gasteiger partial charge in [0.15, 0.2) is 4.96 Å². The molecule has 1 aromatic carbocycles. The number of rotatable bonds is 3. The molecule has 2 aliphatic rings. The summed E-state index contributed by atoms with van der Waals surface area (Å²) in [6.07, 6.45) is 2.02. The van der Waals surface area contributed by atoms with E-state index in [1.807, 2.05) is 35.8 Å². The number of benzene rings is 1. The molecule has 0 bridgehead atoms. The van der Waals surface area contributed by atoms with E-state index in [1.165, 1.54) is 4.90 Å². The number of aromatic nitrogens is 2. The summed E-state index contributed by atoms with van der Waals surface area (Å²) in [7, 11) is 1.55. The minimum atomic E-state index is -0.392. The van der Waals surface area contributed by atoms with Gasteiger partial charge in [0.1, 0.15) is 6.04 Å². The highest BCUT2D eigenvalue weighted by Gasteiger charge is 2.45. The number of hydrogen-bond acceptors (Lipinski definition) is 5. The zero-order chi connectivity index (χ0) is 19.4. The second kappa shape index (κ2) is 6.58. The maximum Gasteiger partial charge on any atom is 0.327 e. The van der Waals surface area contributed by atoms with Crippen molar-refractivity contribution in [2.75, 3.05) is 26.7 Å². The van der Waals surface area contributed by atoms with Crippen LogP contribution in [0.15, 0.2) is 35.8 Å². The third kappa shape index (κ3) is 2.71. The van der Waals surface area contributed by atoms with Gasteiger partial charge < -0.3 is 4.90 Å². The molecule has 28 heavy (non-hydrogen) atoms. The van der Waals surface area contributed by atoms with Crippen molar-refractivity contribution >= 4 is 39.8 Å². The van der Waals surface area contributed by atoms with Crippen LogP contribution in [0.25, 0.3) is 16.2 Å². The monoisotopic (exact) mass is 415 g/mol. The molecule has 0 N–H and O–H groups in total. The van der Waals surface area contributed by atoms with Crippen molar-refractivity contribution in [3.63, 3.8) is 0 Å². The molecule has 0 aliphatic carbocycles. The lowest BCUT2D eigenvalue weighted by atomic mass is 10.1. The summed E-state index contributed by atoms with van der Waals surface area (Å²) >= 11 is 7.63. The molecule has 3 amide bonds. The molecule has 2 fully saturated rings. The van der Waals surface area contributed by atoms with Crippen molar-refractivity contribution in [3.8, 4) is 11.3 Å². The minimum Gasteiger partial charge on any atom is -0.310 e. The molecule has 144 valence electrons. The van der Waals surface area contributed by atoms with Gasteiger partial charge in [-0.05, 0) is 12.1 Å². The van der Waals surface area contributed by atoms with Gasteiger partial charge in [-0.3, -0.25) is 19.0 Å². The van der Waals surface area contributed by atoms with Gasteiger partial charge in [-0.15, -0.1) is 11.3 Å². The molecular weight excluding hydrogens is 398 g/mol. The van der Waals surface area contributed by atoms with E-state index >= 15 is 0 Å². The smallest absolute Gasteiger partial charge is 0.310 e. The van der Waals surface area contributed by atoms with Gasteiger partial charge in [0, 0.05) is 55.4 Å². The van der Waals surface area contributed by atoms with Crippen LogP contribution in [0.3, 0.4) is 0 Å². The van der Waals surface area contributed by atoms with E-state index in [0.29, 0.717) is 24.7 Å². The zero-order valence-electron chi connectivity index (χ0n) is 15.2. The Morgan fingerprint density at radius 1 is 1.21 bits per heavy atom. The Bertz CT molecular complexity index is 1080.